The lowest BCUT2D eigenvalue weighted by molar-refractivity contribution is -0.119. The second-order valence-electron chi connectivity index (χ2n) is 5.59. The smallest absolute Gasteiger partial charge is 0.338 e. The highest BCUT2D eigenvalue weighted by molar-refractivity contribution is 9.10. The Hall–Kier alpha value is -2.23. The van der Waals surface area contributed by atoms with Crippen LogP contribution in [0.2, 0.25) is 0 Å². The van der Waals surface area contributed by atoms with Crippen molar-refractivity contribution in [1.82, 2.24) is 0 Å². The van der Waals surface area contributed by atoms with E-state index in [-0.39, 0.29) is 10.5 Å². The molecule has 2 aromatic rings. The van der Waals surface area contributed by atoms with Crippen LogP contribution in [0.1, 0.15) is 21.5 Å². The van der Waals surface area contributed by atoms with Crippen LogP contribution in [0.3, 0.4) is 0 Å². The van der Waals surface area contributed by atoms with Crippen LogP contribution in [-0.2, 0) is 19.6 Å². The number of anilines is 1. The fourth-order valence-corrected chi connectivity index (χ4v) is 3.33. The molecule has 0 saturated carbocycles. The first-order valence-electron chi connectivity index (χ1n) is 7.44. The van der Waals surface area contributed by atoms with Crippen molar-refractivity contribution in [1.29, 1.82) is 0 Å². The molecule has 0 radical (unpaired) electrons. The third kappa shape index (κ3) is 5.13. The molecule has 138 valence electrons. The van der Waals surface area contributed by atoms with Gasteiger partial charge in [-0.25, -0.2) is 18.4 Å². The maximum Gasteiger partial charge on any atom is 0.338 e. The third-order valence-corrected chi connectivity index (χ3v) is 5.19. The molecule has 0 fully saturated rings. The molecule has 7 nitrogen and oxygen atoms in total. The standard InChI is InChI=1S/C17H17BrN2O5S/c1-10-7-12(8-15(11(10)2)26(19,23)24)17(22)25-9-16(21)20-14-5-3-13(18)4-6-14/h3-8H,9H2,1-2H3,(H,20,21)(H2,19,23,24). The molecule has 1 amide bonds. The van der Waals surface area contributed by atoms with Crippen molar-refractivity contribution < 1.29 is 22.7 Å². The van der Waals surface area contributed by atoms with Crippen LogP contribution in [0.4, 0.5) is 5.69 Å². The lowest BCUT2D eigenvalue weighted by atomic mass is 10.1. The number of sulfonamides is 1. The van der Waals surface area contributed by atoms with Gasteiger partial charge in [0.25, 0.3) is 5.91 Å². The highest BCUT2D eigenvalue weighted by Gasteiger charge is 2.19. The van der Waals surface area contributed by atoms with Crippen molar-refractivity contribution in [2.75, 3.05) is 11.9 Å². The van der Waals surface area contributed by atoms with E-state index in [9.17, 15) is 18.0 Å². The van der Waals surface area contributed by atoms with Gasteiger partial charge in [0.1, 0.15) is 0 Å². The molecule has 26 heavy (non-hydrogen) atoms. The SMILES string of the molecule is Cc1cc(C(=O)OCC(=O)Nc2ccc(Br)cc2)cc(S(N)(=O)=O)c1C. The molecule has 0 aliphatic carbocycles. The molecule has 0 aromatic heterocycles. The van der Waals surface area contributed by atoms with E-state index in [2.05, 4.69) is 21.2 Å². The van der Waals surface area contributed by atoms with Crippen molar-refractivity contribution in [3.05, 3.63) is 57.6 Å². The van der Waals surface area contributed by atoms with Gasteiger partial charge in [-0.2, -0.15) is 0 Å². The van der Waals surface area contributed by atoms with Gasteiger partial charge in [0.2, 0.25) is 10.0 Å². The van der Waals surface area contributed by atoms with Gasteiger partial charge in [-0.15, -0.1) is 0 Å². The third-order valence-electron chi connectivity index (χ3n) is 3.62. The fourth-order valence-electron chi connectivity index (χ4n) is 2.19. The van der Waals surface area contributed by atoms with E-state index in [0.717, 1.165) is 10.5 Å². The first kappa shape index (κ1) is 20.1. The highest BCUT2D eigenvalue weighted by atomic mass is 79.9. The minimum absolute atomic E-state index is 0.00793. The Balaban J connectivity index is 2.07. The normalized spacial score (nSPS) is 11.1. The summed E-state index contributed by atoms with van der Waals surface area (Å²) in [5.74, 6) is -1.33. The molecule has 2 aromatic carbocycles. The molecular formula is C17H17BrN2O5S. The summed E-state index contributed by atoms with van der Waals surface area (Å²) in [6.07, 6.45) is 0. The molecule has 2 rings (SSSR count). The molecule has 0 saturated heterocycles. The van der Waals surface area contributed by atoms with Crippen LogP contribution >= 0.6 is 15.9 Å². The summed E-state index contributed by atoms with van der Waals surface area (Å²) in [5, 5.41) is 7.75. The molecule has 0 atom stereocenters. The van der Waals surface area contributed by atoms with E-state index in [1.165, 1.54) is 6.07 Å². The zero-order valence-electron chi connectivity index (χ0n) is 14.1. The minimum Gasteiger partial charge on any atom is -0.452 e. The summed E-state index contributed by atoms with van der Waals surface area (Å²) in [6, 6.07) is 9.51. The maximum atomic E-state index is 12.1. The van der Waals surface area contributed by atoms with Crippen LogP contribution in [0.5, 0.6) is 0 Å². The minimum atomic E-state index is -3.98. The van der Waals surface area contributed by atoms with Gasteiger partial charge in [-0.1, -0.05) is 15.9 Å². The number of carbonyl (C=O) groups excluding carboxylic acids is 2. The van der Waals surface area contributed by atoms with Crippen molar-refractivity contribution >= 4 is 43.5 Å². The number of primary sulfonamides is 1. The number of nitrogens with one attached hydrogen (secondary N) is 1. The second-order valence-corrected chi connectivity index (χ2v) is 8.04. The van der Waals surface area contributed by atoms with E-state index >= 15 is 0 Å². The summed E-state index contributed by atoms with van der Waals surface area (Å²) in [6.45, 7) is 2.74. The van der Waals surface area contributed by atoms with Crippen molar-refractivity contribution in [3.63, 3.8) is 0 Å². The van der Waals surface area contributed by atoms with Crippen LogP contribution in [0.15, 0.2) is 45.8 Å². The Morgan fingerprint density at radius 1 is 1.15 bits per heavy atom. The molecular weight excluding hydrogens is 424 g/mol. The first-order valence-corrected chi connectivity index (χ1v) is 9.78. The summed E-state index contributed by atoms with van der Waals surface area (Å²) < 4.78 is 29.1. The molecule has 3 N–H and O–H groups in total. The zero-order chi connectivity index (χ0) is 19.5. The molecule has 0 bridgehead atoms. The van der Waals surface area contributed by atoms with Crippen molar-refractivity contribution in [2.45, 2.75) is 18.7 Å². The van der Waals surface area contributed by atoms with Crippen LogP contribution in [0, 0.1) is 13.8 Å². The number of carbonyl (C=O) groups is 2. The first-order chi connectivity index (χ1) is 12.1. The average molecular weight is 441 g/mol. The quantitative estimate of drug-likeness (QED) is 0.692. The summed E-state index contributed by atoms with van der Waals surface area (Å²) in [5.41, 5.74) is 1.59. The lowest BCUT2D eigenvalue weighted by Crippen LogP contribution is -2.21. The molecule has 0 heterocycles. The Morgan fingerprint density at radius 2 is 1.77 bits per heavy atom. The van der Waals surface area contributed by atoms with Crippen molar-refractivity contribution in [3.8, 4) is 0 Å². The number of hydrogen-bond donors (Lipinski definition) is 2. The van der Waals surface area contributed by atoms with E-state index in [4.69, 9.17) is 9.88 Å². The Kier molecular flexibility index (Phi) is 6.17. The monoisotopic (exact) mass is 440 g/mol. The van der Waals surface area contributed by atoms with Gasteiger partial charge in [-0.05, 0) is 61.4 Å². The summed E-state index contributed by atoms with van der Waals surface area (Å²) in [7, 11) is -3.98. The Morgan fingerprint density at radius 3 is 2.35 bits per heavy atom. The van der Waals surface area contributed by atoms with E-state index in [1.54, 1.807) is 38.1 Å². The maximum absolute atomic E-state index is 12.1. The number of aryl methyl sites for hydroxylation is 1. The van der Waals surface area contributed by atoms with Crippen LogP contribution in [0.25, 0.3) is 0 Å². The van der Waals surface area contributed by atoms with Gasteiger partial charge >= 0.3 is 5.97 Å². The van der Waals surface area contributed by atoms with Gasteiger partial charge in [0.15, 0.2) is 6.61 Å². The van der Waals surface area contributed by atoms with E-state index in [0.29, 0.717) is 16.8 Å². The fraction of sp³-hybridized carbons (Fsp3) is 0.176. The number of nitrogens with two attached hydrogens (primary N) is 1. The second kappa shape index (κ2) is 7.98. The molecule has 0 aliphatic heterocycles. The molecule has 0 aliphatic rings. The number of hydrogen-bond acceptors (Lipinski definition) is 5. The number of esters is 1. The topological polar surface area (TPSA) is 116 Å². The van der Waals surface area contributed by atoms with Crippen LogP contribution < -0.4 is 10.5 Å². The molecule has 9 heteroatoms. The average Bonchev–Trinajstić information content (AvgIpc) is 2.56. The van der Waals surface area contributed by atoms with Gasteiger partial charge in [0.05, 0.1) is 10.5 Å². The number of ether oxygens (including phenoxy) is 1. The number of benzene rings is 2. The molecule has 0 unspecified atom stereocenters. The van der Waals surface area contributed by atoms with Crippen molar-refractivity contribution in [2.24, 2.45) is 5.14 Å². The highest BCUT2D eigenvalue weighted by Crippen LogP contribution is 2.20. The number of amides is 1. The summed E-state index contributed by atoms with van der Waals surface area (Å²) >= 11 is 3.28. The summed E-state index contributed by atoms with van der Waals surface area (Å²) in [4.78, 5) is 23.9. The van der Waals surface area contributed by atoms with Gasteiger partial charge in [0, 0.05) is 10.2 Å². The lowest BCUT2D eigenvalue weighted by Gasteiger charge is -2.11. The largest absolute Gasteiger partial charge is 0.452 e. The zero-order valence-corrected chi connectivity index (χ0v) is 16.5. The van der Waals surface area contributed by atoms with Gasteiger partial charge in [-0.3, -0.25) is 4.79 Å². The number of halogens is 1. The van der Waals surface area contributed by atoms with E-state index in [1.807, 2.05) is 0 Å². The van der Waals surface area contributed by atoms with Gasteiger partial charge < -0.3 is 10.1 Å². The Labute approximate surface area is 159 Å². The predicted molar refractivity (Wildman–Crippen MR) is 100 cm³/mol. The van der Waals surface area contributed by atoms with Crippen LogP contribution in [-0.4, -0.2) is 26.9 Å². The number of rotatable bonds is 5. The Bertz CT molecular complexity index is 956. The van der Waals surface area contributed by atoms with E-state index < -0.39 is 28.5 Å². The molecule has 0 spiro atoms. The predicted octanol–water partition coefficient (Wildman–Crippen LogP) is 2.51.